The van der Waals surface area contributed by atoms with Gasteiger partial charge in [-0.25, -0.2) is 4.39 Å². The summed E-state index contributed by atoms with van der Waals surface area (Å²) >= 11 is 3.35. The molecule has 0 radical (unpaired) electrons. The molecule has 0 aliphatic heterocycles. The largest absolute Gasteiger partial charge is 0.312 e. The second-order valence-electron chi connectivity index (χ2n) is 4.15. The maximum absolute atomic E-state index is 13.5. The highest BCUT2D eigenvalue weighted by Crippen LogP contribution is 2.15. The van der Waals surface area contributed by atoms with Crippen LogP contribution < -0.4 is 5.32 Å². The zero-order chi connectivity index (χ0) is 12.8. The summed E-state index contributed by atoms with van der Waals surface area (Å²) in [7, 11) is 0. The number of nitrogens with one attached hydrogen (secondary N) is 1. The van der Waals surface area contributed by atoms with E-state index in [1.165, 1.54) is 11.6 Å². The van der Waals surface area contributed by atoms with Gasteiger partial charge in [0.2, 0.25) is 0 Å². The van der Waals surface area contributed by atoms with E-state index in [4.69, 9.17) is 0 Å². The van der Waals surface area contributed by atoms with E-state index in [1.807, 2.05) is 24.3 Å². The molecule has 0 spiro atoms. The number of rotatable bonds is 5. The maximum Gasteiger partial charge on any atom is 0.127 e. The SMILES string of the molecule is Fc1ccc(Br)cc1CNCCc1ccccc1. The lowest BCUT2D eigenvalue weighted by atomic mass is 10.1. The summed E-state index contributed by atoms with van der Waals surface area (Å²) in [6, 6.07) is 15.3. The van der Waals surface area contributed by atoms with E-state index in [-0.39, 0.29) is 5.82 Å². The Kier molecular flexibility index (Phi) is 4.90. The Hall–Kier alpha value is -1.19. The monoisotopic (exact) mass is 307 g/mol. The molecule has 2 aromatic carbocycles. The molecule has 3 heteroatoms. The smallest absolute Gasteiger partial charge is 0.127 e. The lowest BCUT2D eigenvalue weighted by Gasteiger charge is -2.06. The molecule has 0 bridgehead atoms. The van der Waals surface area contributed by atoms with E-state index in [0.29, 0.717) is 12.1 Å². The summed E-state index contributed by atoms with van der Waals surface area (Å²) in [6.45, 7) is 1.40. The van der Waals surface area contributed by atoms with Crippen molar-refractivity contribution >= 4 is 15.9 Å². The number of hydrogen-bond donors (Lipinski definition) is 1. The molecule has 1 nitrogen and oxygen atoms in total. The molecule has 0 unspecified atom stereocenters. The normalized spacial score (nSPS) is 10.6. The van der Waals surface area contributed by atoms with E-state index in [9.17, 15) is 4.39 Å². The van der Waals surface area contributed by atoms with Gasteiger partial charge in [-0.05, 0) is 36.7 Å². The van der Waals surface area contributed by atoms with Gasteiger partial charge in [0.1, 0.15) is 5.82 Å². The summed E-state index contributed by atoms with van der Waals surface area (Å²) in [6.07, 6.45) is 0.955. The lowest BCUT2D eigenvalue weighted by Crippen LogP contribution is -2.17. The van der Waals surface area contributed by atoms with Crippen molar-refractivity contribution in [3.05, 3.63) is 69.9 Å². The molecule has 0 heterocycles. The minimum absolute atomic E-state index is 0.162. The molecular formula is C15H15BrFN. The Bertz CT molecular complexity index is 499. The molecular weight excluding hydrogens is 293 g/mol. The fraction of sp³-hybridized carbons (Fsp3) is 0.200. The van der Waals surface area contributed by atoms with Gasteiger partial charge in [-0.1, -0.05) is 46.3 Å². The van der Waals surface area contributed by atoms with Crippen molar-refractivity contribution in [1.82, 2.24) is 5.32 Å². The number of benzene rings is 2. The Balaban J connectivity index is 1.80. The molecule has 0 aromatic heterocycles. The Morgan fingerprint density at radius 3 is 2.61 bits per heavy atom. The topological polar surface area (TPSA) is 12.0 Å². The third-order valence-corrected chi connectivity index (χ3v) is 3.25. The second-order valence-corrected chi connectivity index (χ2v) is 5.06. The Morgan fingerprint density at radius 2 is 1.83 bits per heavy atom. The van der Waals surface area contributed by atoms with E-state index in [1.54, 1.807) is 6.07 Å². The van der Waals surface area contributed by atoms with Crippen LogP contribution in [0, 0.1) is 5.82 Å². The van der Waals surface area contributed by atoms with E-state index in [2.05, 4.69) is 33.4 Å². The van der Waals surface area contributed by atoms with Gasteiger partial charge in [-0.15, -0.1) is 0 Å². The Labute approximate surface area is 115 Å². The molecule has 0 saturated heterocycles. The van der Waals surface area contributed by atoms with Gasteiger partial charge in [-0.2, -0.15) is 0 Å². The average Bonchev–Trinajstić information content (AvgIpc) is 2.40. The van der Waals surface area contributed by atoms with Crippen molar-refractivity contribution in [2.24, 2.45) is 0 Å². The van der Waals surface area contributed by atoms with Crippen LogP contribution in [-0.2, 0) is 13.0 Å². The van der Waals surface area contributed by atoms with Crippen molar-refractivity contribution < 1.29 is 4.39 Å². The molecule has 2 rings (SSSR count). The fourth-order valence-corrected chi connectivity index (χ4v) is 2.19. The number of hydrogen-bond acceptors (Lipinski definition) is 1. The quantitative estimate of drug-likeness (QED) is 0.826. The molecule has 18 heavy (non-hydrogen) atoms. The van der Waals surface area contributed by atoms with Gasteiger partial charge >= 0.3 is 0 Å². The lowest BCUT2D eigenvalue weighted by molar-refractivity contribution is 0.588. The van der Waals surface area contributed by atoms with E-state index < -0.39 is 0 Å². The summed E-state index contributed by atoms with van der Waals surface area (Å²) in [5.41, 5.74) is 1.98. The Morgan fingerprint density at radius 1 is 1.06 bits per heavy atom. The summed E-state index contributed by atoms with van der Waals surface area (Å²) < 4.78 is 14.4. The number of halogens is 2. The van der Waals surface area contributed by atoms with Gasteiger partial charge in [0.25, 0.3) is 0 Å². The molecule has 0 fully saturated rings. The maximum atomic E-state index is 13.5. The van der Waals surface area contributed by atoms with Gasteiger partial charge < -0.3 is 5.32 Å². The highest BCUT2D eigenvalue weighted by atomic mass is 79.9. The highest BCUT2D eigenvalue weighted by Gasteiger charge is 2.02. The van der Waals surface area contributed by atoms with Gasteiger partial charge in [0, 0.05) is 16.6 Å². The van der Waals surface area contributed by atoms with Crippen molar-refractivity contribution in [3.63, 3.8) is 0 Å². The molecule has 0 atom stereocenters. The predicted octanol–water partition coefficient (Wildman–Crippen LogP) is 3.92. The second kappa shape index (κ2) is 6.66. The van der Waals surface area contributed by atoms with Crippen LogP contribution in [0.5, 0.6) is 0 Å². The standard InChI is InChI=1S/C15H15BrFN/c16-14-6-7-15(17)13(10-14)11-18-9-8-12-4-2-1-3-5-12/h1-7,10,18H,8-9,11H2. The average molecular weight is 308 g/mol. The molecule has 94 valence electrons. The van der Waals surface area contributed by atoms with Crippen molar-refractivity contribution in [2.45, 2.75) is 13.0 Å². The van der Waals surface area contributed by atoms with Crippen LogP contribution in [0.2, 0.25) is 0 Å². The fourth-order valence-electron chi connectivity index (χ4n) is 1.78. The van der Waals surface area contributed by atoms with Crippen LogP contribution in [0.1, 0.15) is 11.1 Å². The zero-order valence-corrected chi connectivity index (χ0v) is 11.6. The van der Waals surface area contributed by atoms with E-state index in [0.717, 1.165) is 17.4 Å². The highest BCUT2D eigenvalue weighted by molar-refractivity contribution is 9.10. The van der Waals surface area contributed by atoms with Crippen molar-refractivity contribution in [1.29, 1.82) is 0 Å². The van der Waals surface area contributed by atoms with E-state index >= 15 is 0 Å². The van der Waals surface area contributed by atoms with Crippen LogP contribution in [0.4, 0.5) is 4.39 Å². The van der Waals surface area contributed by atoms with Crippen LogP contribution in [-0.4, -0.2) is 6.54 Å². The molecule has 0 saturated carbocycles. The zero-order valence-electron chi connectivity index (χ0n) is 10.00. The first kappa shape index (κ1) is 13.2. The minimum Gasteiger partial charge on any atom is -0.312 e. The summed E-state index contributed by atoms with van der Waals surface area (Å²) in [5.74, 6) is -0.162. The van der Waals surface area contributed by atoms with Crippen LogP contribution in [0.15, 0.2) is 53.0 Å². The van der Waals surface area contributed by atoms with Gasteiger partial charge in [0.05, 0.1) is 0 Å². The molecule has 0 amide bonds. The first-order valence-corrected chi connectivity index (χ1v) is 6.73. The van der Waals surface area contributed by atoms with Crippen LogP contribution >= 0.6 is 15.9 Å². The first-order chi connectivity index (χ1) is 8.75. The summed E-state index contributed by atoms with van der Waals surface area (Å²) in [4.78, 5) is 0. The predicted molar refractivity (Wildman–Crippen MR) is 76.0 cm³/mol. The minimum atomic E-state index is -0.162. The third kappa shape index (κ3) is 3.93. The van der Waals surface area contributed by atoms with Crippen molar-refractivity contribution in [3.8, 4) is 0 Å². The first-order valence-electron chi connectivity index (χ1n) is 5.94. The molecule has 1 N–H and O–H groups in total. The molecule has 0 aliphatic rings. The van der Waals surface area contributed by atoms with Gasteiger partial charge in [-0.3, -0.25) is 0 Å². The van der Waals surface area contributed by atoms with Gasteiger partial charge in [0.15, 0.2) is 0 Å². The van der Waals surface area contributed by atoms with Crippen molar-refractivity contribution in [2.75, 3.05) is 6.54 Å². The molecule has 0 aliphatic carbocycles. The summed E-state index contributed by atoms with van der Waals surface area (Å²) in [5, 5.41) is 3.26. The van der Waals surface area contributed by atoms with Crippen LogP contribution in [0.25, 0.3) is 0 Å². The van der Waals surface area contributed by atoms with Crippen LogP contribution in [0.3, 0.4) is 0 Å². The third-order valence-electron chi connectivity index (χ3n) is 2.76. The molecule has 2 aromatic rings.